The van der Waals surface area contributed by atoms with Crippen LogP contribution in [-0.4, -0.2) is 30.4 Å². The van der Waals surface area contributed by atoms with Crippen molar-refractivity contribution in [2.24, 2.45) is 0 Å². The van der Waals surface area contributed by atoms with Crippen molar-refractivity contribution in [3.05, 3.63) is 57.5 Å². The number of carbonyl (C=O) groups is 2. The summed E-state index contributed by atoms with van der Waals surface area (Å²) in [6, 6.07) is 9.68. The molecule has 1 N–H and O–H groups in total. The number of anilines is 1. The Labute approximate surface area is 175 Å². The van der Waals surface area contributed by atoms with Crippen molar-refractivity contribution in [3.8, 4) is 11.5 Å². The number of fused-ring (bicyclic) bond motifs is 1. The summed E-state index contributed by atoms with van der Waals surface area (Å²) in [5.74, 6) is 0.323. The van der Waals surface area contributed by atoms with Gasteiger partial charge in [0.25, 0.3) is 5.91 Å². The van der Waals surface area contributed by atoms with Gasteiger partial charge in [0.1, 0.15) is 0 Å². The quantitative estimate of drug-likeness (QED) is 0.574. The van der Waals surface area contributed by atoms with Gasteiger partial charge >= 0.3 is 5.97 Å². The fourth-order valence-corrected chi connectivity index (χ4v) is 3.93. The Balaban J connectivity index is 1.59. The Kier molecular flexibility index (Phi) is 5.21. The number of nitrogens with zero attached hydrogens (tertiary/aromatic N) is 1. The van der Waals surface area contributed by atoms with Gasteiger partial charge in [-0.25, -0.2) is 4.79 Å². The molecular formula is C20H15ClN2O5S. The van der Waals surface area contributed by atoms with Crippen LogP contribution in [0.2, 0.25) is 5.02 Å². The summed E-state index contributed by atoms with van der Waals surface area (Å²) >= 11 is 7.32. The SMILES string of the molecule is CCOC(=O)c1ccc(N2C(=N)S/C(=C/c3cc4c(cc3Cl)OCO4)C2=O)cc1. The lowest BCUT2D eigenvalue weighted by Crippen LogP contribution is -2.28. The molecule has 2 aromatic rings. The van der Waals surface area contributed by atoms with Crippen molar-refractivity contribution in [1.82, 2.24) is 0 Å². The minimum atomic E-state index is -0.436. The fourth-order valence-electron chi connectivity index (χ4n) is 2.87. The molecule has 2 aromatic carbocycles. The first-order valence-corrected chi connectivity index (χ1v) is 9.86. The number of carbonyl (C=O) groups excluding carboxylic acids is 2. The number of esters is 1. The van der Waals surface area contributed by atoms with Crippen LogP contribution in [0, 0.1) is 5.41 Å². The zero-order valence-electron chi connectivity index (χ0n) is 15.2. The fraction of sp³-hybridized carbons (Fsp3) is 0.150. The lowest BCUT2D eigenvalue weighted by Gasteiger charge is -2.14. The van der Waals surface area contributed by atoms with Crippen LogP contribution in [0.1, 0.15) is 22.8 Å². The molecule has 1 fully saturated rings. The number of amides is 1. The van der Waals surface area contributed by atoms with Gasteiger partial charge < -0.3 is 14.2 Å². The highest BCUT2D eigenvalue weighted by atomic mass is 35.5. The molecule has 2 heterocycles. The van der Waals surface area contributed by atoms with E-state index in [1.807, 2.05) is 0 Å². The minimum absolute atomic E-state index is 0.0574. The van der Waals surface area contributed by atoms with Crippen LogP contribution in [0.5, 0.6) is 11.5 Å². The van der Waals surface area contributed by atoms with Gasteiger partial charge in [-0.1, -0.05) is 11.6 Å². The van der Waals surface area contributed by atoms with Crippen molar-refractivity contribution < 1.29 is 23.8 Å². The summed E-state index contributed by atoms with van der Waals surface area (Å²) in [6.45, 7) is 2.14. The standard InChI is InChI=1S/C20H15ClN2O5S/c1-2-26-19(25)11-3-5-13(6-4-11)23-18(24)17(29-20(23)22)8-12-7-15-16(9-14(12)21)28-10-27-15/h3-9,22H,2,10H2,1H3/b17-8+,22-20?. The van der Waals surface area contributed by atoms with Crippen molar-refractivity contribution in [3.63, 3.8) is 0 Å². The monoisotopic (exact) mass is 430 g/mol. The molecule has 0 radical (unpaired) electrons. The number of rotatable bonds is 4. The van der Waals surface area contributed by atoms with E-state index in [0.717, 1.165) is 11.8 Å². The maximum Gasteiger partial charge on any atom is 0.338 e. The number of nitrogens with one attached hydrogen (secondary N) is 1. The molecule has 148 valence electrons. The highest BCUT2D eigenvalue weighted by molar-refractivity contribution is 8.19. The van der Waals surface area contributed by atoms with Crippen molar-refractivity contribution >= 4 is 52.2 Å². The number of thioether (sulfide) groups is 1. The number of hydrogen-bond donors (Lipinski definition) is 1. The van der Waals surface area contributed by atoms with Crippen molar-refractivity contribution in [2.45, 2.75) is 6.92 Å². The van der Waals surface area contributed by atoms with Crippen LogP contribution in [0.15, 0.2) is 41.3 Å². The molecule has 0 atom stereocenters. The van der Waals surface area contributed by atoms with E-state index >= 15 is 0 Å². The first-order chi connectivity index (χ1) is 14.0. The Bertz CT molecular complexity index is 1050. The van der Waals surface area contributed by atoms with Gasteiger partial charge in [-0.3, -0.25) is 15.1 Å². The van der Waals surface area contributed by atoms with Gasteiger partial charge in [-0.2, -0.15) is 0 Å². The molecule has 2 aliphatic rings. The van der Waals surface area contributed by atoms with Gasteiger partial charge in [-0.05, 0) is 60.7 Å². The maximum absolute atomic E-state index is 12.9. The largest absolute Gasteiger partial charge is 0.462 e. The van der Waals surface area contributed by atoms with E-state index in [0.29, 0.717) is 38.2 Å². The minimum Gasteiger partial charge on any atom is -0.462 e. The van der Waals surface area contributed by atoms with Gasteiger partial charge in [0, 0.05) is 6.07 Å². The Morgan fingerprint density at radius 1 is 1.28 bits per heavy atom. The van der Waals surface area contributed by atoms with E-state index in [2.05, 4.69) is 0 Å². The topological polar surface area (TPSA) is 88.9 Å². The third kappa shape index (κ3) is 3.68. The Hall–Kier alpha value is -2.97. The van der Waals surface area contributed by atoms with E-state index in [4.69, 9.17) is 31.2 Å². The molecule has 1 saturated heterocycles. The molecule has 1 amide bonds. The predicted molar refractivity (Wildman–Crippen MR) is 111 cm³/mol. The van der Waals surface area contributed by atoms with E-state index in [1.165, 1.54) is 4.90 Å². The highest BCUT2D eigenvalue weighted by Crippen LogP contribution is 2.40. The van der Waals surface area contributed by atoms with Gasteiger partial charge in [0.2, 0.25) is 6.79 Å². The summed E-state index contributed by atoms with van der Waals surface area (Å²) < 4.78 is 15.6. The summed E-state index contributed by atoms with van der Waals surface area (Å²) in [5.41, 5.74) is 1.46. The molecule has 29 heavy (non-hydrogen) atoms. The zero-order chi connectivity index (χ0) is 20.5. The predicted octanol–water partition coefficient (Wildman–Crippen LogP) is 4.30. The molecule has 4 rings (SSSR count). The number of benzene rings is 2. The second kappa shape index (κ2) is 7.81. The van der Waals surface area contributed by atoms with Crippen LogP contribution in [0.3, 0.4) is 0 Å². The third-order valence-corrected chi connectivity index (χ3v) is 5.45. The summed E-state index contributed by atoms with van der Waals surface area (Å²) in [4.78, 5) is 26.3. The summed E-state index contributed by atoms with van der Waals surface area (Å²) in [6.07, 6.45) is 1.62. The van der Waals surface area contributed by atoms with Gasteiger partial charge in [0.05, 0.1) is 27.8 Å². The molecular weight excluding hydrogens is 416 g/mol. The zero-order valence-corrected chi connectivity index (χ0v) is 16.8. The number of amidine groups is 1. The molecule has 9 heteroatoms. The molecule has 0 saturated carbocycles. The number of ether oxygens (including phenoxy) is 3. The van der Waals surface area contributed by atoms with E-state index in [9.17, 15) is 9.59 Å². The molecule has 2 aliphatic heterocycles. The molecule has 7 nitrogen and oxygen atoms in total. The average molecular weight is 431 g/mol. The van der Waals surface area contributed by atoms with Crippen molar-refractivity contribution in [2.75, 3.05) is 18.3 Å². The highest BCUT2D eigenvalue weighted by Gasteiger charge is 2.34. The molecule has 0 aromatic heterocycles. The number of halogens is 1. The normalized spacial score (nSPS) is 16.6. The van der Waals surface area contributed by atoms with E-state index in [-0.39, 0.29) is 24.5 Å². The van der Waals surface area contributed by atoms with E-state index in [1.54, 1.807) is 49.4 Å². The Morgan fingerprint density at radius 2 is 1.97 bits per heavy atom. The van der Waals surface area contributed by atoms with Crippen molar-refractivity contribution in [1.29, 1.82) is 5.41 Å². The van der Waals surface area contributed by atoms with Crippen LogP contribution in [-0.2, 0) is 9.53 Å². The van der Waals surface area contributed by atoms with E-state index < -0.39 is 5.97 Å². The van der Waals surface area contributed by atoms with Crippen LogP contribution in [0.25, 0.3) is 6.08 Å². The molecule has 0 unspecified atom stereocenters. The van der Waals surface area contributed by atoms with Crippen LogP contribution < -0.4 is 14.4 Å². The lowest BCUT2D eigenvalue weighted by molar-refractivity contribution is -0.113. The Morgan fingerprint density at radius 3 is 2.66 bits per heavy atom. The molecule has 0 bridgehead atoms. The summed E-state index contributed by atoms with van der Waals surface area (Å²) in [5, 5.41) is 8.68. The number of hydrogen-bond acceptors (Lipinski definition) is 7. The third-order valence-electron chi connectivity index (χ3n) is 4.24. The van der Waals surface area contributed by atoms with Gasteiger partial charge in [-0.15, -0.1) is 0 Å². The molecule has 0 aliphatic carbocycles. The smallest absolute Gasteiger partial charge is 0.338 e. The van der Waals surface area contributed by atoms with Crippen LogP contribution in [0.4, 0.5) is 5.69 Å². The second-order valence-electron chi connectivity index (χ2n) is 6.05. The first kappa shape index (κ1) is 19.4. The maximum atomic E-state index is 12.9. The lowest BCUT2D eigenvalue weighted by atomic mass is 10.1. The van der Waals surface area contributed by atoms with Gasteiger partial charge in [0.15, 0.2) is 16.7 Å². The average Bonchev–Trinajstić information content (AvgIpc) is 3.26. The molecule has 0 spiro atoms. The van der Waals surface area contributed by atoms with Crippen LogP contribution >= 0.6 is 23.4 Å². The first-order valence-electron chi connectivity index (χ1n) is 8.67. The summed E-state index contributed by atoms with van der Waals surface area (Å²) in [7, 11) is 0. The second-order valence-corrected chi connectivity index (χ2v) is 7.49.